The SMILES string of the molecule is Cn1ncc(C(C)(CNC(=O)c2cc(-c3ccc(F)cc3F)on2)c2cccc(C#N)n2)c1Cl. The van der Waals surface area contributed by atoms with Crippen molar-refractivity contribution in [2.75, 3.05) is 6.54 Å². The Labute approximate surface area is 197 Å². The molecule has 0 aliphatic carbocycles. The van der Waals surface area contributed by atoms with Gasteiger partial charge in [-0.25, -0.2) is 13.8 Å². The van der Waals surface area contributed by atoms with Crippen LogP contribution in [0.5, 0.6) is 0 Å². The van der Waals surface area contributed by atoms with Gasteiger partial charge in [0, 0.05) is 31.3 Å². The fourth-order valence-electron chi connectivity index (χ4n) is 3.47. The molecule has 1 unspecified atom stereocenters. The van der Waals surface area contributed by atoms with Gasteiger partial charge >= 0.3 is 0 Å². The molecule has 172 valence electrons. The Balaban J connectivity index is 1.62. The maximum atomic E-state index is 14.0. The van der Waals surface area contributed by atoms with E-state index in [-0.39, 0.29) is 29.3 Å². The number of carbonyl (C=O) groups excluding carboxylic acids is 1. The average Bonchev–Trinajstić information content (AvgIpc) is 3.45. The predicted octanol–water partition coefficient (Wildman–Crippen LogP) is 4.01. The first-order valence-electron chi connectivity index (χ1n) is 9.99. The van der Waals surface area contributed by atoms with Crippen molar-refractivity contribution in [2.24, 2.45) is 7.05 Å². The van der Waals surface area contributed by atoms with Gasteiger partial charge in [0.15, 0.2) is 11.5 Å². The van der Waals surface area contributed by atoms with Crippen molar-refractivity contribution >= 4 is 17.5 Å². The van der Waals surface area contributed by atoms with E-state index in [0.29, 0.717) is 22.5 Å². The minimum Gasteiger partial charge on any atom is -0.355 e. The molecule has 1 N–H and O–H groups in total. The van der Waals surface area contributed by atoms with E-state index in [9.17, 15) is 18.8 Å². The summed E-state index contributed by atoms with van der Waals surface area (Å²) in [5.74, 6) is -2.20. The van der Waals surface area contributed by atoms with Crippen LogP contribution in [0.3, 0.4) is 0 Å². The fraction of sp³-hybridized carbons (Fsp3) is 0.174. The maximum Gasteiger partial charge on any atom is 0.273 e. The lowest BCUT2D eigenvalue weighted by Crippen LogP contribution is -2.40. The zero-order valence-corrected chi connectivity index (χ0v) is 18.8. The standard InChI is InChI=1S/C23H17ClF2N6O2/c1-23(16-11-29-32(2)21(16)24,20-5-3-4-14(10-27)30-20)12-28-22(33)18-9-19(34-31-18)15-7-6-13(25)8-17(15)26/h3-9,11H,12H2,1-2H3,(H,28,33). The molecule has 34 heavy (non-hydrogen) atoms. The van der Waals surface area contributed by atoms with E-state index in [1.807, 2.05) is 13.0 Å². The molecule has 0 bridgehead atoms. The number of amides is 1. The second-order valence-corrected chi connectivity index (χ2v) is 8.07. The topological polar surface area (TPSA) is 110 Å². The summed E-state index contributed by atoms with van der Waals surface area (Å²) in [7, 11) is 1.68. The number of hydrogen-bond acceptors (Lipinski definition) is 6. The average molecular weight is 483 g/mol. The summed E-state index contributed by atoms with van der Waals surface area (Å²) in [6.07, 6.45) is 1.57. The molecule has 3 aromatic heterocycles. The van der Waals surface area contributed by atoms with E-state index in [4.69, 9.17) is 16.1 Å². The van der Waals surface area contributed by atoms with E-state index in [2.05, 4.69) is 20.6 Å². The second-order valence-electron chi connectivity index (χ2n) is 7.71. The molecule has 0 saturated carbocycles. The van der Waals surface area contributed by atoms with Gasteiger partial charge in [-0.1, -0.05) is 22.8 Å². The van der Waals surface area contributed by atoms with Gasteiger partial charge in [-0.15, -0.1) is 0 Å². The normalized spacial score (nSPS) is 12.7. The zero-order chi connectivity index (χ0) is 24.5. The number of nitrogens with zero attached hydrogens (tertiary/aromatic N) is 5. The Morgan fingerprint density at radius 1 is 1.29 bits per heavy atom. The third-order valence-corrected chi connectivity index (χ3v) is 5.88. The molecule has 4 rings (SSSR count). The van der Waals surface area contributed by atoms with Crippen LogP contribution in [0.15, 0.2) is 53.2 Å². The Hall–Kier alpha value is -4.10. The summed E-state index contributed by atoms with van der Waals surface area (Å²) in [4.78, 5) is 17.2. The van der Waals surface area contributed by atoms with E-state index in [1.165, 1.54) is 16.8 Å². The smallest absolute Gasteiger partial charge is 0.273 e. The van der Waals surface area contributed by atoms with Crippen molar-refractivity contribution in [1.82, 2.24) is 25.2 Å². The van der Waals surface area contributed by atoms with Gasteiger partial charge in [-0.3, -0.25) is 9.48 Å². The molecule has 1 atom stereocenters. The number of carbonyl (C=O) groups is 1. The van der Waals surface area contributed by atoms with E-state index >= 15 is 0 Å². The molecule has 11 heteroatoms. The molecule has 0 fully saturated rings. The molecule has 0 aliphatic heterocycles. The fourth-order valence-corrected chi connectivity index (χ4v) is 3.77. The van der Waals surface area contributed by atoms with Gasteiger partial charge in [0.25, 0.3) is 5.91 Å². The van der Waals surface area contributed by atoms with E-state index in [0.717, 1.165) is 6.07 Å². The van der Waals surface area contributed by atoms with Crippen molar-refractivity contribution in [3.05, 3.63) is 88.1 Å². The highest BCUT2D eigenvalue weighted by atomic mass is 35.5. The third kappa shape index (κ3) is 4.25. The van der Waals surface area contributed by atoms with Crippen molar-refractivity contribution < 1.29 is 18.1 Å². The van der Waals surface area contributed by atoms with Crippen molar-refractivity contribution in [3.8, 4) is 17.4 Å². The number of pyridine rings is 1. The molecule has 0 aliphatic rings. The Kier molecular flexibility index (Phi) is 6.13. The summed E-state index contributed by atoms with van der Waals surface area (Å²) in [5.41, 5.74) is 0.209. The molecular weight excluding hydrogens is 466 g/mol. The van der Waals surface area contributed by atoms with Crippen LogP contribution in [0, 0.1) is 23.0 Å². The number of hydrogen-bond donors (Lipinski definition) is 1. The highest BCUT2D eigenvalue weighted by molar-refractivity contribution is 6.30. The number of halogens is 3. The van der Waals surface area contributed by atoms with Gasteiger partial charge < -0.3 is 9.84 Å². The molecule has 1 aromatic carbocycles. The van der Waals surface area contributed by atoms with Gasteiger partial charge in [0.05, 0.1) is 22.9 Å². The largest absolute Gasteiger partial charge is 0.355 e. The van der Waals surface area contributed by atoms with Crippen LogP contribution in [0.1, 0.15) is 34.4 Å². The Bertz CT molecular complexity index is 1430. The van der Waals surface area contributed by atoms with Crippen LogP contribution in [-0.4, -0.2) is 32.4 Å². The second kappa shape index (κ2) is 9.03. The van der Waals surface area contributed by atoms with E-state index < -0.39 is 23.0 Å². The third-order valence-electron chi connectivity index (χ3n) is 5.43. The van der Waals surface area contributed by atoms with Crippen LogP contribution in [-0.2, 0) is 12.5 Å². The van der Waals surface area contributed by atoms with Gasteiger partial charge in [0.1, 0.15) is 28.6 Å². The lowest BCUT2D eigenvalue weighted by atomic mass is 9.80. The molecule has 4 aromatic rings. The minimum atomic E-state index is -0.955. The van der Waals surface area contributed by atoms with Crippen LogP contribution in [0.2, 0.25) is 5.15 Å². The molecule has 0 saturated heterocycles. The maximum absolute atomic E-state index is 14.0. The summed E-state index contributed by atoms with van der Waals surface area (Å²) < 4.78 is 33.8. The van der Waals surface area contributed by atoms with Crippen LogP contribution < -0.4 is 5.32 Å². The zero-order valence-electron chi connectivity index (χ0n) is 18.0. The summed E-state index contributed by atoms with van der Waals surface area (Å²) >= 11 is 6.45. The predicted molar refractivity (Wildman–Crippen MR) is 118 cm³/mol. The molecule has 8 nitrogen and oxygen atoms in total. The summed E-state index contributed by atoms with van der Waals surface area (Å²) in [5, 5.41) is 20.3. The number of aryl methyl sites for hydroxylation is 1. The van der Waals surface area contributed by atoms with Gasteiger partial charge in [-0.05, 0) is 31.2 Å². The van der Waals surface area contributed by atoms with E-state index in [1.54, 1.807) is 31.4 Å². The highest BCUT2D eigenvalue weighted by Gasteiger charge is 2.35. The molecule has 0 spiro atoms. The number of nitrogens with one attached hydrogen (secondary N) is 1. The molecular formula is C23H17ClF2N6O2. The molecule has 3 heterocycles. The first kappa shape index (κ1) is 23.1. The number of benzene rings is 1. The van der Waals surface area contributed by atoms with Gasteiger partial charge in [-0.2, -0.15) is 10.4 Å². The Morgan fingerprint density at radius 3 is 2.76 bits per heavy atom. The quantitative estimate of drug-likeness (QED) is 0.444. The number of aromatic nitrogens is 4. The number of rotatable bonds is 6. The minimum absolute atomic E-state index is 0.0201. The van der Waals surface area contributed by atoms with Gasteiger partial charge in [0.2, 0.25) is 0 Å². The monoisotopic (exact) mass is 482 g/mol. The summed E-state index contributed by atoms with van der Waals surface area (Å²) in [6.45, 7) is 1.83. The molecule has 0 radical (unpaired) electrons. The van der Waals surface area contributed by atoms with Crippen LogP contribution in [0.25, 0.3) is 11.3 Å². The highest BCUT2D eigenvalue weighted by Crippen LogP contribution is 2.35. The van der Waals surface area contributed by atoms with Crippen molar-refractivity contribution in [1.29, 1.82) is 5.26 Å². The lowest BCUT2D eigenvalue weighted by Gasteiger charge is -2.29. The van der Waals surface area contributed by atoms with Crippen LogP contribution >= 0.6 is 11.6 Å². The lowest BCUT2D eigenvalue weighted by molar-refractivity contribution is 0.0938. The first-order chi connectivity index (χ1) is 16.2. The first-order valence-corrected chi connectivity index (χ1v) is 10.4. The summed E-state index contributed by atoms with van der Waals surface area (Å²) in [6, 6.07) is 11.2. The Morgan fingerprint density at radius 2 is 2.09 bits per heavy atom. The van der Waals surface area contributed by atoms with Crippen LogP contribution in [0.4, 0.5) is 8.78 Å². The van der Waals surface area contributed by atoms with Crippen molar-refractivity contribution in [2.45, 2.75) is 12.3 Å². The van der Waals surface area contributed by atoms with Crippen molar-refractivity contribution in [3.63, 3.8) is 0 Å². The molecule has 1 amide bonds. The number of nitriles is 1.